The summed E-state index contributed by atoms with van der Waals surface area (Å²) in [6, 6.07) is 7.68. The zero-order valence-electron chi connectivity index (χ0n) is 13.1. The lowest BCUT2D eigenvalue weighted by Gasteiger charge is -2.37. The van der Waals surface area contributed by atoms with Crippen LogP contribution in [0.5, 0.6) is 0 Å². The minimum atomic E-state index is 0.632. The van der Waals surface area contributed by atoms with Crippen LogP contribution in [-0.2, 0) is 4.74 Å². The van der Waals surface area contributed by atoms with Gasteiger partial charge in [0.1, 0.15) is 0 Å². The van der Waals surface area contributed by atoms with E-state index in [2.05, 4.69) is 14.7 Å². The summed E-state index contributed by atoms with van der Waals surface area (Å²) in [5.41, 5.74) is 1.83. The van der Waals surface area contributed by atoms with E-state index in [9.17, 15) is 4.32 Å². The second-order valence-electron chi connectivity index (χ2n) is 5.98. The molecule has 0 aliphatic carbocycles. The fourth-order valence-corrected chi connectivity index (χ4v) is 3.10. The topological polar surface area (TPSA) is 19.0 Å². The van der Waals surface area contributed by atoms with Gasteiger partial charge < -0.3 is 14.0 Å². The summed E-state index contributed by atoms with van der Waals surface area (Å²) in [7, 11) is 0.646. The molecule has 2 aliphatic heterocycles. The molecule has 0 amide bonds. The Hall–Kier alpha value is -1.11. The van der Waals surface area contributed by atoms with Gasteiger partial charge in [0.25, 0.3) is 0 Å². The van der Waals surface area contributed by atoms with Crippen molar-refractivity contribution in [1.82, 2.24) is 9.80 Å². The first-order chi connectivity index (χ1) is 10.8. The molecule has 1 aromatic carbocycles. The lowest BCUT2D eigenvalue weighted by Crippen LogP contribution is -2.49. The summed E-state index contributed by atoms with van der Waals surface area (Å²) in [4.78, 5) is 7.41. The molecule has 119 valence electrons. The van der Waals surface area contributed by atoms with E-state index in [1.165, 1.54) is 5.69 Å². The number of ether oxygens (including phenoxy) is 1. The zero-order chi connectivity index (χ0) is 15.2. The van der Waals surface area contributed by atoms with Crippen molar-refractivity contribution in [2.45, 2.75) is 0 Å². The number of rotatable bonds is 5. The second kappa shape index (κ2) is 7.95. The molecule has 0 bridgehead atoms. The van der Waals surface area contributed by atoms with Gasteiger partial charge in [-0.1, -0.05) is 12.1 Å². The number of piperazine rings is 1. The maximum Gasteiger partial charge on any atom is 0.391 e. The van der Waals surface area contributed by atoms with Crippen molar-refractivity contribution < 1.29 is 9.05 Å². The molecule has 6 heteroatoms. The van der Waals surface area contributed by atoms with Gasteiger partial charge in [0.05, 0.1) is 13.2 Å². The Bertz CT molecular complexity index is 445. The predicted molar refractivity (Wildman–Crippen MR) is 88.9 cm³/mol. The highest BCUT2D eigenvalue weighted by Crippen LogP contribution is 2.15. The molecule has 0 spiro atoms. The predicted octanol–water partition coefficient (Wildman–Crippen LogP) is 0.355. The highest BCUT2D eigenvalue weighted by Gasteiger charge is 2.18. The highest BCUT2D eigenvalue weighted by atomic mass is 19.1. The van der Waals surface area contributed by atoms with Gasteiger partial charge in [0.15, 0.2) is 0 Å². The van der Waals surface area contributed by atoms with E-state index in [1.807, 2.05) is 24.3 Å². The van der Waals surface area contributed by atoms with Crippen LogP contribution in [0.15, 0.2) is 24.3 Å². The monoisotopic (exact) mass is 304 g/mol. The molecule has 2 fully saturated rings. The number of hydrogen-bond donors (Lipinski definition) is 0. The molecule has 2 saturated heterocycles. The summed E-state index contributed by atoms with van der Waals surface area (Å²) in [5, 5.41) is 0. The van der Waals surface area contributed by atoms with Crippen LogP contribution in [0.4, 0.5) is 10.0 Å². The molecule has 0 unspecified atom stereocenters. The molecular formula is C16H24BFN3O. The number of anilines is 1. The van der Waals surface area contributed by atoms with E-state index in [1.54, 1.807) is 0 Å². The van der Waals surface area contributed by atoms with Crippen LogP contribution in [0.25, 0.3) is 0 Å². The van der Waals surface area contributed by atoms with Gasteiger partial charge in [-0.25, -0.2) is 0 Å². The van der Waals surface area contributed by atoms with Crippen LogP contribution in [0.3, 0.4) is 0 Å². The summed E-state index contributed by atoms with van der Waals surface area (Å²) >= 11 is 0. The van der Waals surface area contributed by atoms with Gasteiger partial charge in [-0.3, -0.25) is 9.80 Å². The van der Waals surface area contributed by atoms with Crippen LogP contribution >= 0.6 is 0 Å². The van der Waals surface area contributed by atoms with Crippen LogP contribution in [0.2, 0.25) is 0 Å². The Morgan fingerprint density at radius 1 is 0.864 bits per heavy atom. The Kier molecular flexibility index (Phi) is 5.70. The molecule has 0 aromatic heterocycles. The normalized spacial score (nSPS) is 21.0. The van der Waals surface area contributed by atoms with E-state index in [0.29, 0.717) is 13.0 Å². The minimum absolute atomic E-state index is 0.632. The fraction of sp³-hybridized carbons (Fsp3) is 0.625. The first-order valence-electron chi connectivity index (χ1n) is 8.16. The van der Waals surface area contributed by atoms with E-state index in [-0.39, 0.29) is 0 Å². The molecule has 0 atom stereocenters. The first-order valence-corrected chi connectivity index (χ1v) is 8.16. The van der Waals surface area contributed by atoms with Crippen molar-refractivity contribution in [2.75, 3.05) is 70.5 Å². The summed E-state index contributed by atoms with van der Waals surface area (Å²) in [6.07, 6.45) is 0. The third-order valence-electron chi connectivity index (χ3n) is 4.59. The molecule has 4 nitrogen and oxygen atoms in total. The summed E-state index contributed by atoms with van der Waals surface area (Å²) < 4.78 is 17.8. The van der Waals surface area contributed by atoms with Gasteiger partial charge in [0.2, 0.25) is 0 Å². The molecule has 0 saturated carbocycles. The Morgan fingerprint density at radius 3 is 2.05 bits per heavy atom. The van der Waals surface area contributed by atoms with Crippen LogP contribution in [0, 0.1) is 0 Å². The Morgan fingerprint density at radius 2 is 1.45 bits per heavy atom. The Balaban J connectivity index is 1.41. The van der Waals surface area contributed by atoms with Crippen molar-refractivity contribution in [3.63, 3.8) is 0 Å². The molecule has 2 aliphatic rings. The van der Waals surface area contributed by atoms with Gasteiger partial charge in [-0.2, -0.15) is 0 Å². The minimum Gasteiger partial charge on any atom is -0.379 e. The lowest BCUT2D eigenvalue weighted by molar-refractivity contribution is 0.0331. The maximum atomic E-state index is 12.4. The van der Waals surface area contributed by atoms with Crippen molar-refractivity contribution in [1.29, 1.82) is 0 Å². The third-order valence-corrected chi connectivity index (χ3v) is 4.59. The van der Waals surface area contributed by atoms with Crippen LogP contribution in [0.1, 0.15) is 0 Å². The largest absolute Gasteiger partial charge is 0.391 e. The van der Waals surface area contributed by atoms with Crippen LogP contribution in [-0.4, -0.2) is 82.9 Å². The van der Waals surface area contributed by atoms with Crippen molar-refractivity contribution in [2.24, 2.45) is 0 Å². The average Bonchev–Trinajstić information content (AvgIpc) is 2.61. The maximum absolute atomic E-state index is 12.4. The van der Waals surface area contributed by atoms with E-state index < -0.39 is 0 Å². The number of morpholine rings is 1. The van der Waals surface area contributed by atoms with Crippen molar-refractivity contribution in [3.8, 4) is 0 Å². The molecule has 1 radical (unpaired) electrons. The summed E-state index contributed by atoms with van der Waals surface area (Å²) in [5.74, 6) is 0. The van der Waals surface area contributed by atoms with Gasteiger partial charge >= 0.3 is 7.56 Å². The molecular weight excluding hydrogens is 280 g/mol. The average molecular weight is 304 g/mol. The number of halogens is 1. The smallest absolute Gasteiger partial charge is 0.379 e. The summed E-state index contributed by atoms with van der Waals surface area (Å²) in [6.45, 7) is 10.5. The first kappa shape index (κ1) is 15.8. The van der Waals surface area contributed by atoms with Gasteiger partial charge in [0, 0.05) is 58.0 Å². The lowest BCUT2D eigenvalue weighted by atomic mass is 9.91. The molecule has 0 N–H and O–H groups in total. The van der Waals surface area contributed by atoms with Crippen LogP contribution < -0.4 is 10.4 Å². The molecule has 1 aromatic rings. The molecule has 2 heterocycles. The molecule has 3 rings (SSSR count). The standard InChI is InChI=1S/C16H24BFN3O/c18-17-15-1-3-16(4-2-15)21-9-7-19(8-10-21)5-6-20-11-13-22-14-12-20/h1-4H,5-14H2. The SMILES string of the molecule is F[B]c1ccc(N2CCN(CCN3CCOCC3)CC2)cc1. The second-order valence-corrected chi connectivity index (χ2v) is 5.98. The quantitative estimate of drug-likeness (QED) is 0.731. The third kappa shape index (κ3) is 4.21. The highest BCUT2D eigenvalue weighted by molar-refractivity contribution is 6.46. The van der Waals surface area contributed by atoms with Crippen molar-refractivity contribution >= 4 is 18.7 Å². The zero-order valence-corrected chi connectivity index (χ0v) is 13.1. The van der Waals surface area contributed by atoms with E-state index in [0.717, 1.165) is 65.6 Å². The van der Waals surface area contributed by atoms with Crippen molar-refractivity contribution in [3.05, 3.63) is 24.3 Å². The Labute approximate surface area is 133 Å². The van der Waals surface area contributed by atoms with Gasteiger partial charge in [-0.05, 0) is 17.6 Å². The van der Waals surface area contributed by atoms with Gasteiger partial charge in [-0.15, -0.1) is 0 Å². The number of nitrogens with zero attached hydrogens (tertiary/aromatic N) is 3. The number of benzene rings is 1. The number of hydrogen-bond acceptors (Lipinski definition) is 4. The van der Waals surface area contributed by atoms with E-state index in [4.69, 9.17) is 4.74 Å². The fourth-order valence-electron chi connectivity index (χ4n) is 3.10. The molecule has 22 heavy (non-hydrogen) atoms. The van der Waals surface area contributed by atoms with E-state index >= 15 is 0 Å².